The molecule has 2 aromatic heterocycles. The highest BCUT2D eigenvalue weighted by molar-refractivity contribution is 7.10. The van der Waals surface area contributed by atoms with E-state index in [1.165, 1.54) is 11.0 Å². The fourth-order valence-corrected chi connectivity index (χ4v) is 7.31. The predicted octanol–water partition coefficient (Wildman–Crippen LogP) is 6.67. The highest BCUT2D eigenvalue weighted by Crippen LogP contribution is 2.44. The predicted molar refractivity (Wildman–Crippen MR) is 160 cm³/mol. The minimum atomic E-state index is -4.93. The van der Waals surface area contributed by atoms with Gasteiger partial charge in [0.2, 0.25) is 11.5 Å². The molecule has 2 aliphatic rings. The summed E-state index contributed by atoms with van der Waals surface area (Å²) in [5.41, 5.74) is 2.59. The number of amides is 3. The van der Waals surface area contributed by atoms with Crippen LogP contribution in [-0.4, -0.2) is 57.2 Å². The smallest absolute Gasteiger partial charge is 0.425 e. The number of alkyl halides is 6. The van der Waals surface area contributed by atoms with Gasteiger partial charge in [-0.05, 0) is 54.7 Å². The minimum Gasteiger partial charge on any atom is -0.474 e. The van der Waals surface area contributed by atoms with Crippen molar-refractivity contribution in [3.05, 3.63) is 80.3 Å². The number of carbonyl (C=O) groups excluding carboxylic acids is 3. The molecule has 2 aliphatic heterocycles. The van der Waals surface area contributed by atoms with Gasteiger partial charge in [0.25, 0.3) is 11.8 Å². The molecular weight excluding hydrogens is 674 g/mol. The molecule has 0 radical (unpaired) electrons. The molecule has 3 atom stereocenters. The summed E-state index contributed by atoms with van der Waals surface area (Å²) in [5.74, 6) is -3.18. The molecule has 0 spiro atoms. The van der Waals surface area contributed by atoms with Crippen LogP contribution in [0.3, 0.4) is 0 Å². The summed E-state index contributed by atoms with van der Waals surface area (Å²) in [6.07, 6.45) is -8.14. The molecular formula is C31H29ClF6N4O4S. The first-order chi connectivity index (χ1) is 22.1. The van der Waals surface area contributed by atoms with Crippen molar-refractivity contribution in [2.24, 2.45) is 5.73 Å². The Morgan fingerprint density at radius 2 is 1.83 bits per heavy atom. The molecule has 5 rings (SSSR count). The monoisotopic (exact) mass is 702 g/mol. The van der Waals surface area contributed by atoms with Crippen LogP contribution in [0.25, 0.3) is 0 Å². The maximum absolute atomic E-state index is 14.9. The Balaban J connectivity index is 1.65. The first-order valence-corrected chi connectivity index (χ1v) is 15.9. The van der Waals surface area contributed by atoms with Gasteiger partial charge in [-0.25, -0.2) is 0 Å². The SMILES string of the molecule is CCC[C@H]1N(C(=O)c2ncccc2C(F)(F)F)CCC[C@]1(Oc1csc(C(F)(F)F)c1)C(=O)N1CCc2cc(Cl)ccc2C1C(N)=O. The van der Waals surface area contributed by atoms with Crippen LogP contribution in [0.2, 0.25) is 5.02 Å². The molecule has 1 unspecified atom stereocenters. The van der Waals surface area contributed by atoms with Gasteiger partial charge >= 0.3 is 12.4 Å². The summed E-state index contributed by atoms with van der Waals surface area (Å²) in [6, 6.07) is 4.60. The van der Waals surface area contributed by atoms with Crippen molar-refractivity contribution < 1.29 is 45.5 Å². The Morgan fingerprint density at radius 1 is 1.09 bits per heavy atom. The standard InChI is InChI=1S/C31H29ClF6N4O4S/c1-2-5-22-29(46-19-15-23(47-16-19)31(36,37)38,10-4-12-41(22)27(44)24-21(30(33,34)35)6-3-11-40-24)28(45)42-13-9-17-14-18(32)7-8-20(17)25(42)26(39)43/h3,6-8,11,14-16,22,25H,2,4-5,9-10,12-13H2,1H3,(H2,39,43)/t22-,25?,29-/m1/s1. The summed E-state index contributed by atoms with van der Waals surface area (Å²) in [5, 5.41) is 1.46. The molecule has 1 saturated heterocycles. The Labute approximate surface area is 274 Å². The zero-order chi connectivity index (χ0) is 34.3. The van der Waals surface area contributed by atoms with E-state index < -0.39 is 63.9 Å². The van der Waals surface area contributed by atoms with Gasteiger partial charge in [0.05, 0.1) is 11.6 Å². The number of nitrogens with zero attached hydrogens (tertiary/aromatic N) is 3. The van der Waals surface area contributed by atoms with E-state index in [0.29, 0.717) is 40.0 Å². The Morgan fingerprint density at radius 3 is 2.47 bits per heavy atom. The van der Waals surface area contributed by atoms with Crippen LogP contribution in [0.15, 0.2) is 48.0 Å². The lowest BCUT2D eigenvalue weighted by atomic mass is 9.78. The lowest BCUT2D eigenvalue weighted by Gasteiger charge is -2.51. The number of hydrogen-bond acceptors (Lipinski definition) is 6. The number of nitrogens with two attached hydrogens (primary N) is 1. The number of halogens is 7. The molecule has 3 aromatic rings. The van der Waals surface area contributed by atoms with E-state index in [4.69, 9.17) is 22.1 Å². The number of hydrogen-bond donors (Lipinski definition) is 1. The van der Waals surface area contributed by atoms with Crippen molar-refractivity contribution in [2.75, 3.05) is 13.1 Å². The van der Waals surface area contributed by atoms with E-state index in [-0.39, 0.29) is 44.5 Å². The lowest BCUT2D eigenvalue weighted by molar-refractivity contribution is -0.164. The van der Waals surface area contributed by atoms with Gasteiger partial charge in [0, 0.05) is 42.2 Å². The van der Waals surface area contributed by atoms with Crippen molar-refractivity contribution >= 4 is 40.7 Å². The molecule has 16 heteroatoms. The topological polar surface area (TPSA) is 106 Å². The van der Waals surface area contributed by atoms with Crippen molar-refractivity contribution in [1.82, 2.24) is 14.8 Å². The van der Waals surface area contributed by atoms with Crippen molar-refractivity contribution in [2.45, 2.75) is 69.1 Å². The molecule has 1 fully saturated rings. The zero-order valence-corrected chi connectivity index (χ0v) is 26.4. The molecule has 4 heterocycles. The average molecular weight is 703 g/mol. The Bertz CT molecular complexity index is 1680. The third-order valence-corrected chi connectivity index (χ3v) is 9.57. The average Bonchev–Trinajstić information content (AvgIpc) is 3.49. The summed E-state index contributed by atoms with van der Waals surface area (Å²) in [7, 11) is 0. The number of likely N-dealkylation sites (tertiary alicyclic amines) is 1. The van der Waals surface area contributed by atoms with Gasteiger partial charge in [-0.3, -0.25) is 19.4 Å². The number of thiophene rings is 1. The fraction of sp³-hybridized carbons (Fsp3) is 0.419. The second-order valence-electron chi connectivity index (χ2n) is 11.3. The third kappa shape index (κ3) is 6.64. The minimum absolute atomic E-state index is 0.0171. The van der Waals surface area contributed by atoms with Crippen LogP contribution < -0.4 is 10.5 Å². The second kappa shape index (κ2) is 13.0. The third-order valence-electron chi connectivity index (χ3n) is 8.38. The molecule has 2 N–H and O–H groups in total. The molecule has 0 bridgehead atoms. The van der Waals surface area contributed by atoms with Crippen molar-refractivity contribution in [1.29, 1.82) is 0 Å². The first kappa shape index (κ1) is 34.5. The van der Waals surface area contributed by atoms with Crippen LogP contribution in [0.5, 0.6) is 5.75 Å². The normalized spacial score (nSPS) is 21.7. The van der Waals surface area contributed by atoms with Crippen molar-refractivity contribution in [3.63, 3.8) is 0 Å². The highest BCUT2D eigenvalue weighted by atomic mass is 35.5. The first-order valence-electron chi connectivity index (χ1n) is 14.6. The van der Waals surface area contributed by atoms with Crippen LogP contribution in [0.1, 0.15) is 70.7 Å². The van der Waals surface area contributed by atoms with Crippen molar-refractivity contribution in [3.8, 4) is 5.75 Å². The van der Waals surface area contributed by atoms with Gasteiger partial charge in [-0.2, -0.15) is 26.3 Å². The number of rotatable bonds is 7. The van der Waals surface area contributed by atoms with Crippen LogP contribution in [0, 0.1) is 0 Å². The molecule has 0 saturated carbocycles. The lowest BCUT2D eigenvalue weighted by Crippen LogP contribution is -2.69. The van der Waals surface area contributed by atoms with E-state index in [1.807, 2.05) is 0 Å². The molecule has 0 aliphatic carbocycles. The number of benzene rings is 1. The van der Waals surface area contributed by atoms with Crippen LogP contribution >= 0.6 is 22.9 Å². The molecule has 3 amide bonds. The maximum Gasteiger partial charge on any atom is 0.425 e. The number of carbonyl (C=O) groups is 3. The summed E-state index contributed by atoms with van der Waals surface area (Å²) in [4.78, 5) is 46.8. The maximum atomic E-state index is 14.9. The van der Waals surface area contributed by atoms with Gasteiger partial charge in [0.15, 0.2) is 0 Å². The number of pyridine rings is 1. The van der Waals surface area contributed by atoms with E-state index in [2.05, 4.69) is 4.98 Å². The quantitative estimate of drug-likeness (QED) is 0.277. The van der Waals surface area contributed by atoms with Crippen LogP contribution in [0.4, 0.5) is 26.3 Å². The number of primary amides is 1. The number of piperidine rings is 1. The molecule has 47 heavy (non-hydrogen) atoms. The summed E-state index contributed by atoms with van der Waals surface area (Å²) in [6.45, 7) is 1.56. The van der Waals surface area contributed by atoms with E-state index in [9.17, 15) is 40.7 Å². The molecule has 1 aromatic carbocycles. The number of ether oxygens (including phenoxy) is 1. The summed E-state index contributed by atoms with van der Waals surface area (Å²) < 4.78 is 88.9. The fourth-order valence-electron chi connectivity index (χ4n) is 6.44. The van der Waals surface area contributed by atoms with Gasteiger partial charge in [-0.15, -0.1) is 11.3 Å². The van der Waals surface area contributed by atoms with E-state index in [0.717, 1.165) is 28.6 Å². The molecule has 8 nitrogen and oxygen atoms in total. The van der Waals surface area contributed by atoms with E-state index >= 15 is 0 Å². The van der Waals surface area contributed by atoms with Crippen LogP contribution in [-0.2, 0) is 28.4 Å². The van der Waals surface area contributed by atoms with E-state index in [1.54, 1.807) is 19.1 Å². The second-order valence-corrected chi connectivity index (χ2v) is 12.7. The van der Waals surface area contributed by atoms with Gasteiger partial charge in [-0.1, -0.05) is 31.0 Å². The Kier molecular flexibility index (Phi) is 9.52. The number of aromatic nitrogens is 1. The zero-order valence-electron chi connectivity index (χ0n) is 24.8. The van der Waals surface area contributed by atoms with Gasteiger partial charge < -0.3 is 20.3 Å². The van der Waals surface area contributed by atoms with Gasteiger partial charge in [0.1, 0.15) is 22.4 Å². The largest absolute Gasteiger partial charge is 0.474 e. The Hall–Kier alpha value is -3.85. The molecule has 252 valence electrons. The highest BCUT2D eigenvalue weighted by Gasteiger charge is 2.57. The summed E-state index contributed by atoms with van der Waals surface area (Å²) >= 11 is 6.49. The number of fused-ring (bicyclic) bond motifs is 1.